The van der Waals surface area contributed by atoms with Gasteiger partial charge in [-0.2, -0.15) is 0 Å². The monoisotopic (exact) mass is 503 g/mol. The van der Waals surface area contributed by atoms with E-state index in [1.807, 2.05) is 29.8 Å². The van der Waals surface area contributed by atoms with Crippen LogP contribution in [0.4, 0.5) is 15.1 Å². The highest BCUT2D eigenvalue weighted by molar-refractivity contribution is 7.99. The Bertz CT molecular complexity index is 1060. The van der Waals surface area contributed by atoms with E-state index in [0.29, 0.717) is 37.7 Å². The molecule has 0 bridgehead atoms. The largest absolute Gasteiger partial charge is 0.509 e. The van der Waals surface area contributed by atoms with Crippen molar-refractivity contribution in [3.8, 4) is 11.3 Å². The lowest BCUT2D eigenvalue weighted by Crippen LogP contribution is -2.35. The van der Waals surface area contributed by atoms with Gasteiger partial charge in [-0.15, -0.1) is 0 Å². The van der Waals surface area contributed by atoms with Crippen LogP contribution in [0.3, 0.4) is 0 Å². The van der Waals surface area contributed by atoms with E-state index in [1.54, 1.807) is 12.1 Å². The average Bonchev–Trinajstić information content (AvgIpc) is 3.35. The summed E-state index contributed by atoms with van der Waals surface area (Å²) >= 11 is 1.50. The maximum atomic E-state index is 13.6. The van der Waals surface area contributed by atoms with Gasteiger partial charge in [0, 0.05) is 37.3 Å². The Kier molecular flexibility index (Phi) is 8.25. The first-order valence-corrected chi connectivity index (χ1v) is 12.8. The van der Waals surface area contributed by atoms with Gasteiger partial charge in [0.1, 0.15) is 18.0 Å². The summed E-state index contributed by atoms with van der Waals surface area (Å²) in [5.74, 6) is 0.333. The molecule has 8 nitrogen and oxygen atoms in total. The number of anilines is 1. The molecule has 0 saturated carbocycles. The van der Waals surface area contributed by atoms with E-state index >= 15 is 0 Å². The molecule has 0 N–H and O–H groups in total. The molecule has 188 valence electrons. The Morgan fingerprint density at radius 1 is 1.17 bits per heavy atom. The predicted octanol–water partition coefficient (Wildman–Crippen LogP) is 5.19. The summed E-state index contributed by atoms with van der Waals surface area (Å²) < 4.78 is 37.2. The molecule has 0 radical (unpaired) electrons. The number of halogens is 1. The van der Waals surface area contributed by atoms with Gasteiger partial charge in [0.15, 0.2) is 6.29 Å². The number of rotatable bonds is 8. The molecule has 2 aliphatic rings. The fraction of sp³-hybridized carbons (Fsp3) is 0.480. The zero-order valence-electron chi connectivity index (χ0n) is 20.3. The summed E-state index contributed by atoms with van der Waals surface area (Å²) in [4.78, 5) is 21.7. The number of carbonyl (C=O) groups excluding carboxylic acids is 1. The second-order valence-electron chi connectivity index (χ2n) is 8.66. The fourth-order valence-corrected chi connectivity index (χ4v) is 4.24. The highest BCUT2D eigenvalue weighted by Gasteiger charge is 2.32. The van der Waals surface area contributed by atoms with E-state index < -0.39 is 12.3 Å². The van der Waals surface area contributed by atoms with Crippen LogP contribution < -0.4 is 4.31 Å². The van der Waals surface area contributed by atoms with Crippen molar-refractivity contribution in [3.05, 3.63) is 47.4 Å². The summed E-state index contributed by atoms with van der Waals surface area (Å²) in [5, 5.41) is 0. The molecule has 2 saturated heterocycles. The molecule has 1 aromatic heterocycles. The van der Waals surface area contributed by atoms with Crippen LogP contribution in [-0.2, 0) is 18.9 Å². The van der Waals surface area contributed by atoms with E-state index in [-0.39, 0.29) is 24.1 Å². The quantitative estimate of drug-likeness (QED) is 0.357. The summed E-state index contributed by atoms with van der Waals surface area (Å²) in [6.45, 7) is 5.19. The number of nitrogens with zero attached hydrogens (tertiary/aromatic N) is 3. The zero-order chi connectivity index (χ0) is 24.9. The minimum absolute atomic E-state index is 0.0903. The van der Waals surface area contributed by atoms with Crippen molar-refractivity contribution in [2.24, 2.45) is 0 Å². The number of carbonyl (C=O) groups is 1. The maximum Gasteiger partial charge on any atom is 0.509 e. The topological polar surface area (TPSA) is 83.0 Å². The van der Waals surface area contributed by atoms with Crippen molar-refractivity contribution in [1.29, 1.82) is 0 Å². The molecule has 1 aromatic carbocycles. The van der Waals surface area contributed by atoms with E-state index in [2.05, 4.69) is 13.8 Å². The van der Waals surface area contributed by atoms with Gasteiger partial charge in [0.25, 0.3) is 0 Å². The first kappa shape index (κ1) is 25.4. The molecule has 3 heterocycles. The summed E-state index contributed by atoms with van der Waals surface area (Å²) in [6.07, 6.45) is 4.65. The molecule has 2 unspecified atom stereocenters. The first-order valence-electron chi connectivity index (χ1n) is 11.6. The lowest BCUT2D eigenvalue weighted by Gasteiger charge is -2.28. The number of hydrogen-bond acceptors (Lipinski definition) is 9. The van der Waals surface area contributed by atoms with Crippen molar-refractivity contribution in [2.45, 2.75) is 51.1 Å². The molecule has 35 heavy (non-hydrogen) atoms. The van der Waals surface area contributed by atoms with Gasteiger partial charge in [-0.25, -0.2) is 19.2 Å². The Morgan fingerprint density at radius 3 is 2.54 bits per heavy atom. The standard InChI is InChI=1S/C25H30FN3O5S/c1-15(2)22-20(10-9-18-13-19(34-25(30)33-18)14-21-31-11-12-32-21)23(16-5-7-17(26)8-6-16)28-24(27-22)29(3)35-4/h5-10,15,18-19,21H,11-14H2,1-4H3/b10-9+. The van der Waals surface area contributed by atoms with Crippen LogP contribution in [0.1, 0.15) is 43.9 Å². The molecule has 4 rings (SSSR count). The van der Waals surface area contributed by atoms with Crippen LogP contribution in [0.5, 0.6) is 0 Å². The molecule has 10 heteroatoms. The van der Waals surface area contributed by atoms with Crippen molar-refractivity contribution in [3.63, 3.8) is 0 Å². The maximum absolute atomic E-state index is 13.6. The van der Waals surface area contributed by atoms with Gasteiger partial charge in [0.05, 0.1) is 24.6 Å². The predicted molar refractivity (Wildman–Crippen MR) is 133 cm³/mol. The van der Waals surface area contributed by atoms with E-state index in [0.717, 1.165) is 16.8 Å². The Hall–Kier alpha value is -2.69. The molecule has 2 atom stereocenters. The molecule has 2 aromatic rings. The molecule has 0 spiro atoms. The Balaban J connectivity index is 1.67. The number of aromatic nitrogens is 2. The number of hydrogen-bond donors (Lipinski definition) is 0. The molecule has 2 fully saturated rings. The highest BCUT2D eigenvalue weighted by Crippen LogP contribution is 2.33. The molecular formula is C25H30FN3O5S. The SMILES string of the molecule is CSN(C)c1nc(-c2ccc(F)cc2)c(/C=C/C2CC(CC3OCCO3)OC(=O)O2)c(C(C)C)n1. The first-order chi connectivity index (χ1) is 16.8. The Labute approximate surface area is 209 Å². The van der Waals surface area contributed by atoms with Gasteiger partial charge in [-0.1, -0.05) is 31.9 Å². The third-order valence-electron chi connectivity index (χ3n) is 5.81. The third kappa shape index (κ3) is 6.31. The van der Waals surface area contributed by atoms with Crippen molar-refractivity contribution in [1.82, 2.24) is 9.97 Å². The number of ether oxygens (including phenoxy) is 4. The lowest BCUT2D eigenvalue weighted by atomic mass is 9.97. The van der Waals surface area contributed by atoms with Gasteiger partial charge in [-0.05, 0) is 36.3 Å². The molecule has 2 aliphatic heterocycles. The van der Waals surface area contributed by atoms with E-state index in [9.17, 15) is 9.18 Å². The van der Waals surface area contributed by atoms with Crippen LogP contribution in [0.2, 0.25) is 0 Å². The van der Waals surface area contributed by atoms with Gasteiger partial charge in [0.2, 0.25) is 5.95 Å². The minimum Gasteiger partial charge on any atom is -0.431 e. The second kappa shape index (κ2) is 11.4. The summed E-state index contributed by atoms with van der Waals surface area (Å²) in [7, 11) is 1.90. The minimum atomic E-state index is -0.718. The van der Waals surface area contributed by atoms with Gasteiger partial charge >= 0.3 is 6.16 Å². The summed E-state index contributed by atoms with van der Waals surface area (Å²) in [6, 6.07) is 6.23. The van der Waals surface area contributed by atoms with E-state index in [1.165, 1.54) is 24.1 Å². The number of cyclic esters (lactones) is 2. The van der Waals surface area contributed by atoms with Crippen LogP contribution in [0.15, 0.2) is 30.3 Å². The highest BCUT2D eigenvalue weighted by atomic mass is 32.2. The normalized spacial score (nSPS) is 20.9. The second-order valence-corrected chi connectivity index (χ2v) is 9.57. The molecule has 0 aliphatic carbocycles. The zero-order valence-corrected chi connectivity index (χ0v) is 21.1. The van der Waals surface area contributed by atoms with E-state index in [4.69, 9.17) is 28.9 Å². The van der Waals surface area contributed by atoms with Crippen molar-refractivity contribution in [2.75, 3.05) is 30.8 Å². The number of benzene rings is 1. The smallest absolute Gasteiger partial charge is 0.431 e. The lowest BCUT2D eigenvalue weighted by molar-refractivity contribution is -0.102. The van der Waals surface area contributed by atoms with Gasteiger partial charge in [-0.3, -0.25) is 4.31 Å². The van der Waals surface area contributed by atoms with Crippen LogP contribution in [0.25, 0.3) is 17.3 Å². The summed E-state index contributed by atoms with van der Waals surface area (Å²) in [5.41, 5.74) is 3.09. The van der Waals surface area contributed by atoms with Crippen molar-refractivity contribution < 1.29 is 28.1 Å². The van der Waals surface area contributed by atoms with Gasteiger partial charge < -0.3 is 18.9 Å². The average molecular weight is 504 g/mol. The fourth-order valence-electron chi connectivity index (χ4n) is 4.00. The molecular weight excluding hydrogens is 473 g/mol. The third-order valence-corrected chi connectivity index (χ3v) is 6.52. The van der Waals surface area contributed by atoms with Crippen molar-refractivity contribution >= 4 is 30.1 Å². The van der Waals surface area contributed by atoms with Crippen LogP contribution in [0, 0.1) is 5.82 Å². The Morgan fingerprint density at radius 2 is 1.89 bits per heavy atom. The van der Waals surface area contributed by atoms with Crippen LogP contribution >= 0.6 is 11.9 Å². The van der Waals surface area contributed by atoms with Crippen LogP contribution in [-0.4, -0.2) is 61.1 Å². The molecule has 0 amide bonds.